The lowest BCUT2D eigenvalue weighted by Gasteiger charge is -2.10. The van der Waals surface area contributed by atoms with Gasteiger partial charge in [-0.25, -0.2) is 0 Å². The zero-order chi connectivity index (χ0) is 13.1. The number of nitrogens with one attached hydrogen (secondary N) is 1. The Morgan fingerprint density at radius 1 is 1.50 bits per heavy atom. The lowest BCUT2D eigenvalue weighted by Crippen LogP contribution is -2.16. The quantitative estimate of drug-likeness (QED) is 0.770. The first-order chi connectivity index (χ1) is 8.61. The molecular formula is C14H25N3S. The van der Waals surface area contributed by atoms with E-state index in [0.29, 0.717) is 0 Å². The van der Waals surface area contributed by atoms with Crippen LogP contribution < -0.4 is 5.32 Å². The third-order valence-electron chi connectivity index (χ3n) is 3.64. The summed E-state index contributed by atoms with van der Waals surface area (Å²) in [5.74, 6) is 1.96. The van der Waals surface area contributed by atoms with Crippen molar-refractivity contribution in [2.45, 2.75) is 57.6 Å². The van der Waals surface area contributed by atoms with E-state index >= 15 is 0 Å². The second kappa shape index (κ2) is 6.11. The Bertz CT molecular complexity index is 396. The molecule has 1 unspecified atom stereocenters. The van der Waals surface area contributed by atoms with Crippen LogP contribution in [0, 0.1) is 12.8 Å². The van der Waals surface area contributed by atoms with Crippen LogP contribution in [-0.2, 0) is 13.6 Å². The summed E-state index contributed by atoms with van der Waals surface area (Å²) in [6, 6.07) is 0.761. The van der Waals surface area contributed by atoms with Crippen LogP contribution in [-0.4, -0.2) is 21.6 Å². The molecule has 1 saturated carbocycles. The molecular weight excluding hydrogens is 242 g/mol. The molecule has 0 aliphatic heterocycles. The molecule has 102 valence electrons. The van der Waals surface area contributed by atoms with E-state index in [0.717, 1.165) is 18.5 Å². The van der Waals surface area contributed by atoms with E-state index < -0.39 is 0 Å². The fourth-order valence-electron chi connectivity index (χ4n) is 1.94. The van der Waals surface area contributed by atoms with Crippen molar-refractivity contribution < 1.29 is 0 Å². The van der Waals surface area contributed by atoms with Crippen molar-refractivity contribution in [2.24, 2.45) is 13.0 Å². The van der Waals surface area contributed by atoms with Gasteiger partial charge in [-0.2, -0.15) is 5.10 Å². The van der Waals surface area contributed by atoms with Crippen molar-refractivity contribution >= 4 is 11.8 Å². The molecule has 18 heavy (non-hydrogen) atoms. The topological polar surface area (TPSA) is 29.9 Å². The van der Waals surface area contributed by atoms with E-state index in [1.165, 1.54) is 41.3 Å². The lowest BCUT2D eigenvalue weighted by molar-refractivity contribution is 0.630. The van der Waals surface area contributed by atoms with Gasteiger partial charge in [-0.05, 0) is 25.7 Å². The first-order valence-corrected chi connectivity index (χ1v) is 7.99. The van der Waals surface area contributed by atoms with Gasteiger partial charge in [0.15, 0.2) is 0 Å². The van der Waals surface area contributed by atoms with Crippen LogP contribution in [0.2, 0.25) is 0 Å². The van der Waals surface area contributed by atoms with E-state index in [4.69, 9.17) is 0 Å². The highest BCUT2D eigenvalue weighted by Gasteiger charge is 2.22. The maximum Gasteiger partial charge on any atom is 0.0984 e. The Hall–Kier alpha value is -0.480. The average Bonchev–Trinajstić information content (AvgIpc) is 3.12. The summed E-state index contributed by atoms with van der Waals surface area (Å²) in [4.78, 5) is 0. The fourth-order valence-corrected chi connectivity index (χ4v) is 3.24. The van der Waals surface area contributed by atoms with Gasteiger partial charge in [0.2, 0.25) is 0 Å². The predicted octanol–water partition coefficient (Wildman–Crippen LogP) is 3.12. The molecule has 0 radical (unpaired) electrons. The number of aryl methyl sites for hydroxylation is 2. The summed E-state index contributed by atoms with van der Waals surface area (Å²) in [5.41, 5.74) is 2.58. The number of hydrogen-bond acceptors (Lipinski definition) is 3. The first kappa shape index (κ1) is 13.9. The van der Waals surface area contributed by atoms with Crippen LogP contribution in [0.4, 0.5) is 0 Å². The number of thioether (sulfide) groups is 1. The minimum absolute atomic E-state index is 0.761. The summed E-state index contributed by atoms with van der Waals surface area (Å²) in [5, 5.41) is 9.52. The Morgan fingerprint density at radius 3 is 2.83 bits per heavy atom. The first-order valence-electron chi connectivity index (χ1n) is 7.00. The maximum absolute atomic E-state index is 4.57. The highest BCUT2D eigenvalue weighted by molar-refractivity contribution is 7.99. The molecule has 1 aromatic heterocycles. The monoisotopic (exact) mass is 267 g/mol. The molecule has 4 heteroatoms. The third kappa shape index (κ3) is 3.51. The summed E-state index contributed by atoms with van der Waals surface area (Å²) in [6.45, 7) is 7.68. The van der Waals surface area contributed by atoms with Gasteiger partial charge in [-0.3, -0.25) is 4.68 Å². The van der Waals surface area contributed by atoms with Crippen molar-refractivity contribution in [2.75, 3.05) is 5.75 Å². The minimum Gasteiger partial charge on any atom is -0.310 e. The molecule has 0 saturated heterocycles. The van der Waals surface area contributed by atoms with E-state index in [1.54, 1.807) is 0 Å². The van der Waals surface area contributed by atoms with E-state index in [2.05, 4.69) is 38.2 Å². The van der Waals surface area contributed by atoms with Gasteiger partial charge < -0.3 is 5.32 Å². The highest BCUT2D eigenvalue weighted by atomic mass is 32.2. The van der Waals surface area contributed by atoms with Gasteiger partial charge in [0.1, 0.15) is 0 Å². The molecule has 0 spiro atoms. The van der Waals surface area contributed by atoms with Crippen molar-refractivity contribution in [1.82, 2.24) is 15.1 Å². The smallest absolute Gasteiger partial charge is 0.0984 e. The van der Waals surface area contributed by atoms with Crippen molar-refractivity contribution in [1.29, 1.82) is 0 Å². The largest absolute Gasteiger partial charge is 0.310 e. The molecule has 1 N–H and O–H groups in total. The van der Waals surface area contributed by atoms with Crippen LogP contribution in [0.15, 0.2) is 5.03 Å². The van der Waals surface area contributed by atoms with Crippen LogP contribution in [0.1, 0.15) is 44.4 Å². The summed E-state index contributed by atoms with van der Waals surface area (Å²) in [7, 11) is 2.06. The second-order valence-electron chi connectivity index (χ2n) is 5.47. The highest BCUT2D eigenvalue weighted by Crippen LogP contribution is 2.28. The minimum atomic E-state index is 0.761. The van der Waals surface area contributed by atoms with E-state index in [1.807, 2.05) is 16.4 Å². The van der Waals surface area contributed by atoms with Crippen molar-refractivity contribution in [3.8, 4) is 0 Å². The zero-order valence-corrected chi connectivity index (χ0v) is 12.8. The SMILES string of the molecule is CCC(C)CSc1c(CNC2CC2)c(C)nn1C. The third-order valence-corrected chi connectivity index (χ3v) is 5.15. The Labute approximate surface area is 115 Å². The van der Waals surface area contributed by atoms with Gasteiger partial charge in [0.05, 0.1) is 10.7 Å². The standard InChI is InChI=1S/C14H25N3S/c1-5-10(2)9-18-14-13(8-15-12-6-7-12)11(3)16-17(14)4/h10,12,15H,5-9H2,1-4H3. The molecule has 1 aromatic rings. The van der Waals surface area contributed by atoms with Gasteiger partial charge in [-0.1, -0.05) is 20.3 Å². The van der Waals surface area contributed by atoms with Gasteiger partial charge >= 0.3 is 0 Å². The molecule has 1 fully saturated rings. The number of aromatic nitrogens is 2. The van der Waals surface area contributed by atoms with Crippen LogP contribution in [0.5, 0.6) is 0 Å². The zero-order valence-electron chi connectivity index (χ0n) is 12.0. The molecule has 0 amide bonds. The molecule has 0 aromatic carbocycles. The maximum atomic E-state index is 4.57. The van der Waals surface area contributed by atoms with E-state index in [-0.39, 0.29) is 0 Å². The Balaban J connectivity index is 2.01. The van der Waals surface area contributed by atoms with Crippen molar-refractivity contribution in [3.63, 3.8) is 0 Å². The average molecular weight is 267 g/mol. The molecule has 2 rings (SSSR count). The molecule has 1 aliphatic carbocycles. The fraction of sp³-hybridized carbons (Fsp3) is 0.786. The molecule has 3 nitrogen and oxygen atoms in total. The normalized spacial score (nSPS) is 17.1. The summed E-state index contributed by atoms with van der Waals surface area (Å²) in [6.07, 6.45) is 3.93. The van der Waals surface area contributed by atoms with Crippen LogP contribution in [0.3, 0.4) is 0 Å². The molecule has 1 aliphatic rings. The van der Waals surface area contributed by atoms with Crippen LogP contribution >= 0.6 is 11.8 Å². The molecule has 1 atom stereocenters. The summed E-state index contributed by atoms with van der Waals surface area (Å²) >= 11 is 1.96. The lowest BCUT2D eigenvalue weighted by atomic mass is 10.2. The number of nitrogens with zero attached hydrogens (tertiary/aromatic N) is 2. The Morgan fingerprint density at radius 2 is 2.22 bits per heavy atom. The Kier molecular flexibility index (Phi) is 4.73. The molecule has 0 bridgehead atoms. The number of hydrogen-bond donors (Lipinski definition) is 1. The predicted molar refractivity (Wildman–Crippen MR) is 78.0 cm³/mol. The van der Waals surface area contributed by atoms with Gasteiger partial charge in [0.25, 0.3) is 0 Å². The van der Waals surface area contributed by atoms with Gasteiger partial charge in [0, 0.05) is 31.0 Å². The van der Waals surface area contributed by atoms with E-state index in [9.17, 15) is 0 Å². The second-order valence-corrected chi connectivity index (χ2v) is 6.48. The number of rotatable bonds is 7. The summed E-state index contributed by atoms with van der Waals surface area (Å²) < 4.78 is 2.05. The van der Waals surface area contributed by atoms with Crippen LogP contribution in [0.25, 0.3) is 0 Å². The van der Waals surface area contributed by atoms with Gasteiger partial charge in [-0.15, -0.1) is 11.8 Å². The van der Waals surface area contributed by atoms with Crippen molar-refractivity contribution in [3.05, 3.63) is 11.3 Å². The molecule has 1 heterocycles.